The highest BCUT2D eigenvalue weighted by Crippen LogP contribution is 2.45. The van der Waals surface area contributed by atoms with Crippen LogP contribution in [0.5, 0.6) is 0 Å². The van der Waals surface area contributed by atoms with Gasteiger partial charge in [-0.15, -0.1) is 0 Å². The van der Waals surface area contributed by atoms with Crippen molar-refractivity contribution in [2.24, 2.45) is 0 Å². The zero-order valence-electron chi connectivity index (χ0n) is 16.2. The number of anilines is 1. The van der Waals surface area contributed by atoms with Crippen LogP contribution in [0.3, 0.4) is 0 Å². The summed E-state index contributed by atoms with van der Waals surface area (Å²) < 4.78 is 2.18. The molecule has 148 valence electrons. The Morgan fingerprint density at radius 2 is 2.11 bits per heavy atom. The summed E-state index contributed by atoms with van der Waals surface area (Å²) in [4.78, 5) is 34.0. The molecule has 1 aliphatic carbocycles. The molecule has 2 aromatic heterocycles. The predicted molar refractivity (Wildman–Crippen MR) is 106 cm³/mol. The maximum Gasteiger partial charge on any atom is 0.231 e. The zero-order chi connectivity index (χ0) is 19.1. The van der Waals surface area contributed by atoms with Crippen molar-refractivity contribution < 1.29 is 9.59 Å². The Bertz CT molecular complexity index is 922. The Morgan fingerprint density at radius 1 is 1.25 bits per heavy atom. The molecule has 2 fully saturated rings. The number of fused-ring (bicyclic) bond motifs is 4. The fraction of sp³-hybridized carbons (Fsp3) is 0.619. The number of aromatic nitrogens is 3. The average Bonchev–Trinajstić information content (AvgIpc) is 3.34. The molecule has 1 spiro atoms. The van der Waals surface area contributed by atoms with Crippen LogP contribution >= 0.6 is 0 Å². The third kappa shape index (κ3) is 3.02. The molecule has 1 atom stereocenters. The second-order valence-electron chi connectivity index (χ2n) is 8.59. The first-order valence-corrected chi connectivity index (χ1v) is 10.6. The first-order chi connectivity index (χ1) is 13.6. The Hall–Kier alpha value is -2.28. The molecule has 0 radical (unpaired) electrons. The molecule has 7 nitrogen and oxygen atoms in total. The fourth-order valence-corrected chi connectivity index (χ4v) is 5.33. The van der Waals surface area contributed by atoms with Gasteiger partial charge in [-0.05, 0) is 44.7 Å². The Morgan fingerprint density at radius 3 is 2.89 bits per heavy atom. The SMILES string of the molecule is O=C(CC1CCCN1)Nc1ncc2cc3n(c2n1)C1(CCCCC1)CCC3=O. The summed E-state index contributed by atoms with van der Waals surface area (Å²) in [6.45, 7) is 0.979. The topological polar surface area (TPSA) is 88.9 Å². The monoisotopic (exact) mass is 381 g/mol. The Labute approximate surface area is 164 Å². The largest absolute Gasteiger partial charge is 0.316 e. The maximum absolute atomic E-state index is 12.6. The van der Waals surface area contributed by atoms with E-state index in [1.165, 1.54) is 19.3 Å². The molecule has 28 heavy (non-hydrogen) atoms. The second kappa shape index (κ2) is 6.95. The molecule has 2 aromatic rings. The lowest BCUT2D eigenvalue weighted by Gasteiger charge is -2.42. The van der Waals surface area contributed by atoms with Crippen LogP contribution in [0, 0.1) is 0 Å². The van der Waals surface area contributed by atoms with Crippen LogP contribution in [0.1, 0.15) is 74.7 Å². The minimum Gasteiger partial charge on any atom is -0.316 e. The normalized spacial score (nSPS) is 23.9. The van der Waals surface area contributed by atoms with Gasteiger partial charge in [-0.1, -0.05) is 19.3 Å². The molecule has 1 saturated heterocycles. The van der Waals surface area contributed by atoms with Gasteiger partial charge in [-0.3, -0.25) is 14.9 Å². The van der Waals surface area contributed by atoms with Gasteiger partial charge in [0.2, 0.25) is 11.9 Å². The quantitative estimate of drug-likeness (QED) is 0.853. The number of hydrogen-bond acceptors (Lipinski definition) is 5. The van der Waals surface area contributed by atoms with Crippen molar-refractivity contribution in [2.45, 2.75) is 75.8 Å². The highest BCUT2D eigenvalue weighted by Gasteiger charge is 2.41. The predicted octanol–water partition coefficient (Wildman–Crippen LogP) is 3.15. The number of ketones is 1. The van der Waals surface area contributed by atoms with Crippen molar-refractivity contribution in [2.75, 3.05) is 11.9 Å². The fourth-order valence-electron chi connectivity index (χ4n) is 5.33. The van der Waals surface area contributed by atoms with Crippen molar-refractivity contribution in [3.8, 4) is 0 Å². The zero-order valence-corrected chi connectivity index (χ0v) is 16.2. The third-order valence-electron chi connectivity index (χ3n) is 6.75. The van der Waals surface area contributed by atoms with Crippen molar-refractivity contribution in [3.05, 3.63) is 18.0 Å². The van der Waals surface area contributed by atoms with Gasteiger partial charge in [-0.2, -0.15) is 4.98 Å². The highest BCUT2D eigenvalue weighted by atomic mass is 16.1. The molecule has 4 heterocycles. The van der Waals surface area contributed by atoms with Crippen molar-refractivity contribution in [3.63, 3.8) is 0 Å². The van der Waals surface area contributed by atoms with E-state index in [-0.39, 0.29) is 23.3 Å². The summed E-state index contributed by atoms with van der Waals surface area (Å²) >= 11 is 0. The molecular formula is C21H27N5O2. The number of carbonyl (C=O) groups is 2. The standard InChI is InChI=1S/C21H27N5O2/c27-17-6-9-21(7-2-1-3-8-21)26-16(17)11-14-13-23-20(25-19(14)26)24-18(28)12-15-5-4-10-22-15/h11,13,15,22H,1-10,12H2,(H,23,24,25,28). The molecule has 1 saturated carbocycles. The van der Waals surface area contributed by atoms with Crippen LogP contribution in [-0.2, 0) is 10.3 Å². The summed E-state index contributed by atoms with van der Waals surface area (Å²) in [7, 11) is 0. The lowest BCUT2D eigenvalue weighted by Crippen LogP contribution is -2.41. The van der Waals surface area contributed by atoms with Gasteiger partial charge in [0.1, 0.15) is 5.65 Å². The first-order valence-electron chi connectivity index (χ1n) is 10.6. The van der Waals surface area contributed by atoms with Crippen LogP contribution in [0.4, 0.5) is 5.95 Å². The minimum absolute atomic E-state index is 0.00730. The molecule has 3 aliphatic rings. The molecule has 0 aromatic carbocycles. The maximum atomic E-state index is 12.6. The van der Waals surface area contributed by atoms with Gasteiger partial charge in [0.25, 0.3) is 0 Å². The van der Waals surface area contributed by atoms with Crippen molar-refractivity contribution in [1.82, 2.24) is 19.9 Å². The smallest absolute Gasteiger partial charge is 0.231 e. The number of nitrogens with zero attached hydrogens (tertiary/aromatic N) is 3. The van der Waals surface area contributed by atoms with Gasteiger partial charge in [0, 0.05) is 36.0 Å². The van der Waals surface area contributed by atoms with Crippen LogP contribution in [0.2, 0.25) is 0 Å². The average molecular weight is 381 g/mol. The molecule has 1 unspecified atom stereocenters. The van der Waals surface area contributed by atoms with E-state index in [9.17, 15) is 9.59 Å². The summed E-state index contributed by atoms with van der Waals surface area (Å²) in [5, 5.41) is 7.08. The van der Waals surface area contributed by atoms with Crippen molar-refractivity contribution in [1.29, 1.82) is 0 Å². The number of carbonyl (C=O) groups excluding carboxylic acids is 2. The minimum atomic E-state index is -0.0624. The van der Waals surface area contributed by atoms with E-state index in [0.717, 1.165) is 55.4 Å². The van der Waals surface area contributed by atoms with E-state index < -0.39 is 0 Å². The molecule has 7 heteroatoms. The number of hydrogen-bond donors (Lipinski definition) is 2. The number of Topliss-reactive ketones (excluding diaryl/α,β-unsaturated/α-hetero) is 1. The number of amides is 1. The summed E-state index contributed by atoms with van der Waals surface area (Å²) in [5.41, 5.74) is 1.54. The lowest BCUT2D eigenvalue weighted by atomic mass is 9.75. The van der Waals surface area contributed by atoms with Crippen LogP contribution in [0.15, 0.2) is 12.3 Å². The molecule has 0 bridgehead atoms. The molecule has 2 N–H and O–H groups in total. The number of rotatable bonds is 3. The van der Waals surface area contributed by atoms with Gasteiger partial charge in [0.15, 0.2) is 5.78 Å². The van der Waals surface area contributed by atoms with E-state index in [1.54, 1.807) is 6.20 Å². The highest BCUT2D eigenvalue weighted by molar-refractivity contribution is 6.00. The van der Waals surface area contributed by atoms with Gasteiger partial charge >= 0.3 is 0 Å². The van der Waals surface area contributed by atoms with Crippen molar-refractivity contribution >= 4 is 28.7 Å². The third-order valence-corrected chi connectivity index (χ3v) is 6.75. The van der Waals surface area contributed by atoms with Crippen LogP contribution in [0.25, 0.3) is 11.0 Å². The Kier molecular flexibility index (Phi) is 4.42. The molecular weight excluding hydrogens is 354 g/mol. The lowest BCUT2D eigenvalue weighted by molar-refractivity contribution is -0.116. The molecule has 2 aliphatic heterocycles. The van der Waals surface area contributed by atoms with Gasteiger partial charge in [0.05, 0.1) is 5.69 Å². The molecule has 1 amide bonds. The van der Waals surface area contributed by atoms with E-state index in [1.807, 2.05) is 6.07 Å². The van der Waals surface area contributed by atoms with Crippen LogP contribution < -0.4 is 10.6 Å². The van der Waals surface area contributed by atoms with E-state index in [4.69, 9.17) is 4.98 Å². The second-order valence-corrected chi connectivity index (χ2v) is 8.59. The van der Waals surface area contributed by atoms with E-state index >= 15 is 0 Å². The number of nitrogens with one attached hydrogen (secondary N) is 2. The van der Waals surface area contributed by atoms with Crippen LogP contribution in [-0.4, -0.2) is 38.8 Å². The summed E-state index contributed by atoms with van der Waals surface area (Å²) in [5.74, 6) is 0.458. The van der Waals surface area contributed by atoms with E-state index in [2.05, 4.69) is 20.2 Å². The van der Waals surface area contributed by atoms with Gasteiger partial charge in [-0.25, -0.2) is 4.98 Å². The van der Waals surface area contributed by atoms with Gasteiger partial charge < -0.3 is 9.88 Å². The molecule has 5 rings (SSSR count). The Balaban J connectivity index is 1.48. The first kappa shape index (κ1) is 17.8. The summed E-state index contributed by atoms with van der Waals surface area (Å²) in [6, 6.07) is 2.18. The summed E-state index contributed by atoms with van der Waals surface area (Å²) in [6.07, 6.45) is 11.7. The van der Waals surface area contributed by atoms with E-state index in [0.29, 0.717) is 18.8 Å².